The first-order chi connectivity index (χ1) is 9.99. The Morgan fingerprint density at radius 2 is 1.76 bits per heavy atom. The van der Waals surface area contributed by atoms with Gasteiger partial charge in [0.25, 0.3) is 11.4 Å². The third-order valence-electron chi connectivity index (χ3n) is 2.65. The third kappa shape index (κ3) is 3.42. The lowest BCUT2D eigenvalue weighted by Gasteiger charge is -1.99. The van der Waals surface area contributed by atoms with Gasteiger partial charge in [0.05, 0.1) is 27.2 Å². The molecular formula is C13H9N3O4S. The zero-order valence-corrected chi connectivity index (χ0v) is 11.4. The van der Waals surface area contributed by atoms with Crippen molar-refractivity contribution in [2.24, 2.45) is 4.99 Å². The summed E-state index contributed by atoms with van der Waals surface area (Å²) in [6, 6.07) is 10.4. The summed E-state index contributed by atoms with van der Waals surface area (Å²) in [6.45, 7) is 0. The van der Waals surface area contributed by atoms with Gasteiger partial charge in [0, 0.05) is 17.2 Å². The van der Waals surface area contributed by atoms with E-state index in [1.165, 1.54) is 18.3 Å². The molecule has 0 aliphatic rings. The summed E-state index contributed by atoms with van der Waals surface area (Å²) < 4.78 is 0. The molecule has 0 heterocycles. The molecule has 0 atom stereocenters. The Hall–Kier alpha value is -2.74. The summed E-state index contributed by atoms with van der Waals surface area (Å²) in [5.74, 6) is 0. The van der Waals surface area contributed by atoms with Crippen molar-refractivity contribution in [1.82, 2.24) is 0 Å². The van der Waals surface area contributed by atoms with Gasteiger partial charge in [-0.2, -0.15) is 0 Å². The number of hydrogen-bond acceptors (Lipinski definition) is 6. The maximum Gasteiger partial charge on any atom is 0.285 e. The molecule has 2 aromatic rings. The van der Waals surface area contributed by atoms with Crippen LogP contribution in [0, 0.1) is 20.2 Å². The average Bonchev–Trinajstić information content (AvgIpc) is 2.46. The molecule has 0 spiro atoms. The third-order valence-corrected chi connectivity index (χ3v) is 3.02. The number of hydrogen-bond donors (Lipinski definition) is 1. The van der Waals surface area contributed by atoms with Crippen molar-refractivity contribution in [2.75, 3.05) is 0 Å². The Morgan fingerprint density at radius 3 is 2.38 bits per heavy atom. The summed E-state index contributed by atoms with van der Waals surface area (Å²) in [7, 11) is 0. The second-order valence-corrected chi connectivity index (χ2v) is 4.49. The molecular weight excluding hydrogens is 294 g/mol. The highest BCUT2D eigenvalue weighted by molar-refractivity contribution is 7.80. The zero-order valence-electron chi connectivity index (χ0n) is 10.5. The highest BCUT2D eigenvalue weighted by atomic mass is 32.1. The minimum atomic E-state index is -0.684. The Kier molecular flexibility index (Phi) is 4.29. The van der Waals surface area contributed by atoms with Crippen molar-refractivity contribution in [1.29, 1.82) is 0 Å². The van der Waals surface area contributed by atoms with Gasteiger partial charge < -0.3 is 0 Å². The minimum absolute atomic E-state index is 0.183. The van der Waals surface area contributed by atoms with E-state index < -0.39 is 9.85 Å². The number of nitrogens with zero attached hydrogens (tertiary/aromatic N) is 3. The van der Waals surface area contributed by atoms with Crippen LogP contribution in [0.2, 0.25) is 0 Å². The lowest BCUT2D eigenvalue weighted by atomic mass is 10.2. The van der Waals surface area contributed by atoms with E-state index in [1.54, 1.807) is 24.3 Å². The maximum absolute atomic E-state index is 11.0. The van der Waals surface area contributed by atoms with E-state index in [1.807, 2.05) is 0 Å². The first-order valence-corrected chi connectivity index (χ1v) is 6.18. The van der Waals surface area contributed by atoms with Crippen molar-refractivity contribution < 1.29 is 9.85 Å². The van der Waals surface area contributed by atoms with E-state index in [-0.39, 0.29) is 16.9 Å². The molecule has 0 aromatic heterocycles. The molecule has 8 heteroatoms. The number of nitro groups is 2. The van der Waals surface area contributed by atoms with Crippen LogP contribution in [0.4, 0.5) is 17.1 Å². The molecule has 0 fully saturated rings. The molecule has 0 bridgehead atoms. The summed E-state index contributed by atoms with van der Waals surface area (Å²) in [4.78, 5) is 25.0. The van der Waals surface area contributed by atoms with Crippen LogP contribution in [0.1, 0.15) is 5.56 Å². The average molecular weight is 303 g/mol. The topological polar surface area (TPSA) is 98.6 Å². The Balaban J connectivity index is 2.42. The van der Waals surface area contributed by atoms with Crippen molar-refractivity contribution in [3.05, 3.63) is 68.3 Å². The van der Waals surface area contributed by atoms with Gasteiger partial charge in [0.2, 0.25) is 0 Å². The normalized spacial score (nSPS) is 10.7. The highest BCUT2D eigenvalue weighted by Crippen LogP contribution is 2.25. The maximum atomic E-state index is 11.0. The van der Waals surface area contributed by atoms with Gasteiger partial charge in [-0.25, -0.2) is 0 Å². The van der Waals surface area contributed by atoms with Crippen LogP contribution in [0.3, 0.4) is 0 Å². The monoisotopic (exact) mass is 303 g/mol. The van der Waals surface area contributed by atoms with Gasteiger partial charge in [-0.3, -0.25) is 25.2 Å². The molecule has 0 N–H and O–H groups in total. The number of benzene rings is 2. The minimum Gasteiger partial charge on any atom is -0.258 e. The number of thiol groups is 1. The lowest BCUT2D eigenvalue weighted by molar-refractivity contribution is -0.394. The molecule has 21 heavy (non-hydrogen) atoms. The molecule has 2 aromatic carbocycles. The van der Waals surface area contributed by atoms with Crippen molar-refractivity contribution in [3.8, 4) is 0 Å². The lowest BCUT2D eigenvalue weighted by Crippen LogP contribution is -1.97. The molecule has 0 saturated carbocycles. The summed E-state index contributed by atoms with van der Waals surface area (Å²) in [5.41, 5.74) is 0.0220. The smallest absolute Gasteiger partial charge is 0.258 e. The van der Waals surface area contributed by atoms with E-state index in [0.717, 1.165) is 6.07 Å². The van der Waals surface area contributed by atoms with Crippen LogP contribution < -0.4 is 0 Å². The van der Waals surface area contributed by atoms with E-state index in [9.17, 15) is 20.2 Å². The highest BCUT2D eigenvalue weighted by Gasteiger charge is 2.18. The molecule has 7 nitrogen and oxygen atoms in total. The van der Waals surface area contributed by atoms with Crippen molar-refractivity contribution in [3.63, 3.8) is 0 Å². The van der Waals surface area contributed by atoms with Crippen LogP contribution >= 0.6 is 12.6 Å². The number of nitro benzene ring substituents is 2. The summed E-state index contributed by atoms with van der Waals surface area (Å²) in [5, 5.41) is 21.6. The molecule has 0 radical (unpaired) electrons. The van der Waals surface area contributed by atoms with E-state index >= 15 is 0 Å². The van der Waals surface area contributed by atoms with Crippen LogP contribution in [0.5, 0.6) is 0 Å². The largest absolute Gasteiger partial charge is 0.285 e. The van der Waals surface area contributed by atoms with Crippen LogP contribution in [0.25, 0.3) is 0 Å². The quantitative estimate of drug-likeness (QED) is 0.404. The standard InChI is InChI=1S/C13H9N3O4S/c17-15(18)10-6-5-9(12(7-10)16(19)20)8-14-11-3-1-2-4-13(11)21/h1-8,21H. The van der Waals surface area contributed by atoms with Gasteiger partial charge in [-0.15, -0.1) is 12.6 Å². The molecule has 0 amide bonds. The SMILES string of the molecule is O=[N+]([O-])c1ccc(C=Nc2ccccc2S)c([N+](=O)[O-])c1. The first-order valence-electron chi connectivity index (χ1n) is 5.74. The number of para-hydroxylation sites is 1. The van der Waals surface area contributed by atoms with Crippen LogP contribution in [-0.2, 0) is 0 Å². The zero-order chi connectivity index (χ0) is 15.4. The molecule has 0 aliphatic carbocycles. The first kappa shape index (κ1) is 14.7. The Labute approximate surface area is 124 Å². The van der Waals surface area contributed by atoms with E-state index in [0.29, 0.717) is 10.6 Å². The second-order valence-electron chi connectivity index (χ2n) is 4.00. The van der Waals surface area contributed by atoms with Crippen molar-refractivity contribution in [2.45, 2.75) is 4.90 Å². The van der Waals surface area contributed by atoms with Crippen LogP contribution in [0.15, 0.2) is 52.4 Å². The Bertz CT molecular complexity index is 746. The Morgan fingerprint density at radius 1 is 1.05 bits per heavy atom. The fraction of sp³-hybridized carbons (Fsp3) is 0. The predicted octanol–water partition coefficient (Wildman–Crippen LogP) is 3.54. The van der Waals surface area contributed by atoms with E-state index in [4.69, 9.17) is 0 Å². The second kappa shape index (κ2) is 6.14. The van der Waals surface area contributed by atoms with Gasteiger partial charge in [-0.05, 0) is 18.2 Å². The fourth-order valence-electron chi connectivity index (χ4n) is 1.63. The summed E-state index contributed by atoms with van der Waals surface area (Å²) in [6.07, 6.45) is 1.29. The molecule has 0 saturated heterocycles. The molecule has 0 aliphatic heterocycles. The van der Waals surface area contributed by atoms with E-state index in [2.05, 4.69) is 17.6 Å². The molecule has 106 valence electrons. The number of non-ortho nitro benzene ring substituents is 1. The van der Waals surface area contributed by atoms with Gasteiger partial charge in [0.15, 0.2) is 0 Å². The predicted molar refractivity (Wildman–Crippen MR) is 80.7 cm³/mol. The van der Waals surface area contributed by atoms with Crippen LogP contribution in [-0.4, -0.2) is 16.1 Å². The summed E-state index contributed by atoms with van der Waals surface area (Å²) >= 11 is 4.22. The van der Waals surface area contributed by atoms with Gasteiger partial charge in [-0.1, -0.05) is 12.1 Å². The fourth-order valence-corrected chi connectivity index (χ4v) is 1.84. The molecule has 0 unspecified atom stereocenters. The van der Waals surface area contributed by atoms with Gasteiger partial charge >= 0.3 is 0 Å². The number of aliphatic imine (C=N–C) groups is 1. The van der Waals surface area contributed by atoms with Crippen molar-refractivity contribution >= 4 is 35.9 Å². The number of rotatable bonds is 4. The van der Waals surface area contributed by atoms with Gasteiger partial charge in [0.1, 0.15) is 0 Å². The molecule has 2 rings (SSSR count).